The lowest BCUT2D eigenvalue weighted by Crippen LogP contribution is -2.25. The number of fused-ring (bicyclic) bond motifs is 1. The molecule has 1 aliphatic rings. The van der Waals surface area contributed by atoms with Gasteiger partial charge in [0.25, 0.3) is 5.69 Å². The van der Waals surface area contributed by atoms with Crippen molar-refractivity contribution in [1.82, 2.24) is 0 Å². The summed E-state index contributed by atoms with van der Waals surface area (Å²) < 4.78 is 10.9. The van der Waals surface area contributed by atoms with Gasteiger partial charge in [-0.3, -0.25) is 10.1 Å². The second kappa shape index (κ2) is 7.22. The number of nitro groups is 1. The van der Waals surface area contributed by atoms with E-state index >= 15 is 0 Å². The summed E-state index contributed by atoms with van der Waals surface area (Å²) in [6, 6.07) is 10.8. The SMILES string of the molecule is COc1ccc2c(c1)O[C@H](C)C/C2=N\OC(=O)c1ccccc1[N+](=O)[O-]. The third-order valence-electron chi connectivity index (χ3n) is 3.87. The minimum Gasteiger partial charge on any atom is -0.497 e. The summed E-state index contributed by atoms with van der Waals surface area (Å²) in [5.41, 5.74) is 0.715. The van der Waals surface area contributed by atoms with Gasteiger partial charge in [-0.15, -0.1) is 0 Å². The average molecular weight is 356 g/mol. The van der Waals surface area contributed by atoms with Crippen molar-refractivity contribution in [2.45, 2.75) is 19.4 Å². The number of carbonyl (C=O) groups is 1. The summed E-state index contributed by atoms with van der Waals surface area (Å²) >= 11 is 0. The summed E-state index contributed by atoms with van der Waals surface area (Å²) in [6.45, 7) is 1.86. The first-order valence-corrected chi connectivity index (χ1v) is 7.86. The molecule has 1 heterocycles. The molecule has 2 aromatic rings. The van der Waals surface area contributed by atoms with Crippen molar-refractivity contribution < 1.29 is 24.0 Å². The Morgan fingerprint density at radius 1 is 1.31 bits per heavy atom. The normalized spacial score (nSPS) is 17.2. The van der Waals surface area contributed by atoms with Crippen LogP contribution >= 0.6 is 0 Å². The van der Waals surface area contributed by atoms with Crippen molar-refractivity contribution >= 4 is 17.4 Å². The molecule has 1 atom stereocenters. The van der Waals surface area contributed by atoms with E-state index in [0.29, 0.717) is 29.2 Å². The van der Waals surface area contributed by atoms with Gasteiger partial charge >= 0.3 is 5.97 Å². The molecule has 0 amide bonds. The third kappa shape index (κ3) is 3.49. The number of para-hydroxylation sites is 1. The van der Waals surface area contributed by atoms with Gasteiger partial charge in [0.15, 0.2) is 0 Å². The standard InChI is InChI=1S/C18H16N2O6/c1-11-9-15(13-8-7-12(24-2)10-17(13)25-11)19-26-18(21)14-5-3-4-6-16(14)20(22)23/h3-8,10-11H,9H2,1-2H3/b19-15+/t11-/m1/s1. The Morgan fingerprint density at radius 2 is 2.08 bits per heavy atom. The minimum absolute atomic E-state index is 0.156. The van der Waals surface area contributed by atoms with Gasteiger partial charge in [-0.25, -0.2) is 4.79 Å². The molecule has 1 aliphatic heterocycles. The zero-order valence-electron chi connectivity index (χ0n) is 14.2. The number of nitro benzene ring substituents is 1. The van der Waals surface area contributed by atoms with Crippen LogP contribution in [0.4, 0.5) is 5.69 Å². The van der Waals surface area contributed by atoms with Gasteiger partial charge in [0.05, 0.1) is 17.7 Å². The minimum atomic E-state index is -0.890. The Balaban J connectivity index is 1.88. The van der Waals surface area contributed by atoms with Gasteiger partial charge < -0.3 is 14.3 Å². The number of benzene rings is 2. The molecule has 0 aromatic heterocycles. The Labute approximate surface area is 149 Å². The molecule has 0 bridgehead atoms. The number of oxime groups is 1. The van der Waals surface area contributed by atoms with Crippen molar-refractivity contribution in [2.24, 2.45) is 5.16 Å². The number of carbonyl (C=O) groups excluding carboxylic acids is 1. The van der Waals surface area contributed by atoms with Gasteiger partial charge in [0.1, 0.15) is 23.2 Å². The smallest absolute Gasteiger partial charge is 0.372 e. The molecular formula is C18H16N2O6. The molecule has 0 spiro atoms. The van der Waals surface area contributed by atoms with Crippen LogP contribution in [0.3, 0.4) is 0 Å². The molecule has 0 N–H and O–H groups in total. The lowest BCUT2D eigenvalue weighted by molar-refractivity contribution is -0.385. The lowest BCUT2D eigenvalue weighted by Gasteiger charge is -2.24. The van der Waals surface area contributed by atoms with Crippen molar-refractivity contribution in [3.63, 3.8) is 0 Å². The molecular weight excluding hydrogens is 340 g/mol. The van der Waals surface area contributed by atoms with E-state index in [9.17, 15) is 14.9 Å². The average Bonchev–Trinajstić information content (AvgIpc) is 2.65. The number of nitrogens with zero attached hydrogens (tertiary/aromatic N) is 2. The predicted octanol–water partition coefficient (Wildman–Crippen LogP) is 3.34. The number of ether oxygens (including phenoxy) is 2. The van der Waals surface area contributed by atoms with Crippen LogP contribution in [-0.2, 0) is 4.84 Å². The highest BCUT2D eigenvalue weighted by atomic mass is 16.7. The summed E-state index contributed by atoms with van der Waals surface area (Å²) in [5.74, 6) is 0.316. The van der Waals surface area contributed by atoms with Crippen molar-refractivity contribution in [2.75, 3.05) is 7.11 Å². The third-order valence-corrected chi connectivity index (χ3v) is 3.87. The Bertz CT molecular complexity index is 893. The quantitative estimate of drug-likeness (QED) is 0.473. The van der Waals surface area contributed by atoms with Gasteiger partial charge in [0.2, 0.25) is 0 Å². The fraction of sp³-hybridized carbons (Fsp3) is 0.222. The Kier molecular flexibility index (Phi) is 4.83. The molecule has 8 heteroatoms. The van der Waals surface area contributed by atoms with E-state index in [1.165, 1.54) is 24.3 Å². The first-order chi connectivity index (χ1) is 12.5. The maximum absolute atomic E-state index is 12.2. The zero-order valence-corrected chi connectivity index (χ0v) is 14.2. The lowest BCUT2D eigenvalue weighted by atomic mass is 10.0. The van der Waals surface area contributed by atoms with Crippen molar-refractivity contribution in [1.29, 1.82) is 0 Å². The first-order valence-electron chi connectivity index (χ1n) is 7.86. The number of rotatable bonds is 4. The zero-order chi connectivity index (χ0) is 18.7. The van der Waals surface area contributed by atoms with E-state index in [-0.39, 0.29) is 17.4 Å². The van der Waals surface area contributed by atoms with Gasteiger partial charge in [0, 0.05) is 24.1 Å². The Hall–Kier alpha value is -3.42. The van der Waals surface area contributed by atoms with E-state index in [0.717, 1.165) is 0 Å². The van der Waals surface area contributed by atoms with Crippen LogP contribution in [0.25, 0.3) is 0 Å². The maximum Gasteiger partial charge on any atom is 0.372 e. The fourth-order valence-corrected chi connectivity index (χ4v) is 2.64. The van der Waals surface area contributed by atoms with Gasteiger partial charge in [-0.2, -0.15) is 0 Å². The van der Waals surface area contributed by atoms with Crippen LogP contribution in [0, 0.1) is 10.1 Å². The van der Waals surface area contributed by atoms with Crippen LogP contribution in [0.15, 0.2) is 47.6 Å². The fourth-order valence-electron chi connectivity index (χ4n) is 2.64. The maximum atomic E-state index is 12.2. The van der Waals surface area contributed by atoms with E-state index in [4.69, 9.17) is 14.3 Å². The second-order valence-electron chi connectivity index (χ2n) is 5.69. The molecule has 0 saturated heterocycles. The monoisotopic (exact) mass is 356 g/mol. The van der Waals surface area contributed by atoms with Crippen LogP contribution in [0.2, 0.25) is 0 Å². The largest absolute Gasteiger partial charge is 0.497 e. The molecule has 0 unspecified atom stereocenters. The molecule has 0 saturated carbocycles. The number of hydrogen-bond acceptors (Lipinski definition) is 7. The molecule has 26 heavy (non-hydrogen) atoms. The van der Waals surface area contributed by atoms with E-state index < -0.39 is 10.9 Å². The van der Waals surface area contributed by atoms with Crippen LogP contribution in [0.1, 0.15) is 29.3 Å². The molecule has 8 nitrogen and oxygen atoms in total. The highest BCUT2D eigenvalue weighted by Gasteiger charge is 2.25. The van der Waals surface area contributed by atoms with E-state index in [1.807, 2.05) is 6.92 Å². The Morgan fingerprint density at radius 3 is 2.81 bits per heavy atom. The number of methoxy groups -OCH3 is 1. The summed E-state index contributed by atoms with van der Waals surface area (Å²) in [6.07, 6.45) is 0.266. The molecule has 2 aromatic carbocycles. The van der Waals surface area contributed by atoms with Crippen LogP contribution < -0.4 is 9.47 Å². The van der Waals surface area contributed by atoms with Crippen molar-refractivity contribution in [3.05, 3.63) is 63.7 Å². The predicted molar refractivity (Wildman–Crippen MR) is 92.7 cm³/mol. The van der Waals surface area contributed by atoms with Gasteiger partial charge in [-0.05, 0) is 25.1 Å². The van der Waals surface area contributed by atoms with Crippen LogP contribution in [0.5, 0.6) is 11.5 Å². The van der Waals surface area contributed by atoms with Crippen molar-refractivity contribution in [3.8, 4) is 11.5 Å². The van der Waals surface area contributed by atoms with E-state index in [2.05, 4.69) is 5.16 Å². The molecule has 0 fully saturated rings. The molecule has 3 rings (SSSR count). The second-order valence-corrected chi connectivity index (χ2v) is 5.69. The molecule has 0 aliphatic carbocycles. The first kappa shape index (κ1) is 17.4. The topological polar surface area (TPSA) is 100 Å². The van der Waals surface area contributed by atoms with Crippen LogP contribution in [-0.4, -0.2) is 29.8 Å². The van der Waals surface area contributed by atoms with E-state index in [1.54, 1.807) is 25.3 Å². The molecule has 0 radical (unpaired) electrons. The summed E-state index contributed by atoms with van der Waals surface area (Å²) in [7, 11) is 1.55. The number of hydrogen-bond donors (Lipinski definition) is 0. The highest BCUT2D eigenvalue weighted by Crippen LogP contribution is 2.32. The highest BCUT2D eigenvalue weighted by molar-refractivity contribution is 6.04. The molecule has 134 valence electrons. The van der Waals surface area contributed by atoms with Gasteiger partial charge in [-0.1, -0.05) is 17.3 Å². The summed E-state index contributed by atoms with van der Waals surface area (Å²) in [4.78, 5) is 27.6. The summed E-state index contributed by atoms with van der Waals surface area (Å²) in [5, 5.41) is 15.0.